The molecular weight excluding hydrogens is 476 g/mol. The quantitative estimate of drug-likeness (QED) is 0.451. The molecule has 3 atom stereocenters. The summed E-state index contributed by atoms with van der Waals surface area (Å²) >= 11 is 0. The Labute approximate surface area is 215 Å². The molecule has 1 aliphatic carbocycles. The van der Waals surface area contributed by atoms with Crippen LogP contribution in [0.1, 0.15) is 62.9 Å². The van der Waals surface area contributed by atoms with Gasteiger partial charge in [0.05, 0.1) is 7.11 Å². The van der Waals surface area contributed by atoms with Crippen molar-refractivity contribution in [2.75, 3.05) is 13.7 Å². The number of amides is 3. The third kappa shape index (κ3) is 4.65. The first kappa shape index (κ1) is 25.1. The van der Waals surface area contributed by atoms with E-state index in [2.05, 4.69) is 15.6 Å². The smallest absolute Gasteiger partial charge is 0.326 e. The number of fused-ring (bicyclic) bond motifs is 1. The molecule has 3 amide bonds. The van der Waals surface area contributed by atoms with Crippen molar-refractivity contribution in [1.29, 1.82) is 0 Å². The molecule has 2 saturated heterocycles. The summed E-state index contributed by atoms with van der Waals surface area (Å²) in [6.07, 6.45) is 3.90. The second-order valence-corrected chi connectivity index (χ2v) is 11.5. The van der Waals surface area contributed by atoms with Crippen molar-refractivity contribution in [3.05, 3.63) is 30.0 Å². The van der Waals surface area contributed by atoms with E-state index in [0.717, 1.165) is 30.2 Å². The van der Waals surface area contributed by atoms with Crippen LogP contribution in [0, 0.1) is 11.3 Å². The van der Waals surface area contributed by atoms with Gasteiger partial charge in [-0.25, -0.2) is 4.79 Å². The molecule has 4 N–H and O–H groups in total. The summed E-state index contributed by atoms with van der Waals surface area (Å²) in [5, 5.41) is 16.1. The first-order valence-electron chi connectivity index (χ1n) is 12.8. The molecule has 10 nitrogen and oxygen atoms in total. The topological polar surface area (TPSA) is 141 Å². The minimum absolute atomic E-state index is 0.00393. The average Bonchev–Trinajstić information content (AvgIpc) is 3.50. The Kier molecular flexibility index (Phi) is 6.16. The number of carboxylic acids is 1. The molecule has 1 aromatic carbocycles. The number of carbonyl (C=O) groups is 4. The highest BCUT2D eigenvalue weighted by atomic mass is 16.5. The first-order chi connectivity index (χ1) is 17.5. The Bertz CT molecular complexity index is 1260. The maximum Gasteiger partial charge on any atom is 0.326 e. The van der Waals surface area contributed by atoms with E-state index >= 15 is 0 Å². The number of nitrogens with one attached hydrogen (secondary N) is 3. The molecule has 2 aromatic rings. The molecular formula is C27H34N4O6. The van der Waals surface area contributed by atoms with Crippen LogP contribution in [0.25, 0.3) is 10.9 Å². The van der Waals surface area contributed by atoms with Gasteiger partial charge in [-0.15, -0.1) is 0 Å². The zero-order valence-electron chi connectivity index (χ0n) is 21.4. The third-order valence-electron chi connectivity index (χ3n) is 8.28. The number of likely N-dealkylation sites (tertiary alicyclic amines) is 1. The van der Waals surface area contributed by atoms with Crippen molar-refractivity contribution in [3.8, 4) is 5.75 Å². The molecule has 0 radical (unpaired) electrons. The zero-order chi connectivity index (χ0) is 26.5. The SMILES string of the molecule is COc1cccc2[nH]c(C(=O)N3CC4(CCC4)CC3C(=O)NC(C[C@@H]3CC(C)(C)NC3=O)C(=O)O)cc12. The van der Waals surface area contributed by atoms with Crippen molar-refractivity contribution in [2.24, 2.45) is 11.3 Å². The first-order valence-corrected chi connectivity index (χ1v) is 12.8. The Morgan fingerprint density at radius 2 is 2.00 bits per heavy atom. The molecule has 1 saturated carbocycles. The largest absolute Gasteiger partial charge is 0.496 e. The van der Waals surface area contributed by atoms with Gasteiger partial charge in [0.1, 0.15) is 23.5 Å². The van der Waals surface area contributed by atoms with Crippen LogP contribution < -0.4 is 15.4 Å². The number of nitrogens with zero attached hydrogens (tertiary/aromatic N) is 1. The van der Waals surface area contributed by atoms with Gasteiger partial charge in [-0.3, -0.25) is 14.4 Å². The second-order valence-electron chi connectivity index (χ2n) is 11.5. The molecule has 2 aliphatic heterocycles. The molecule has 0 bridgehead atoms. The minimum atomic E-state index is -1.22. The Balaban J connectivity index is 1.36. The van der Waals surface area contributed by atoms with Crippen LogP contribution in [0.15, 0.2) is 24.3 Å². The lowest BCUT2D eigenvalue weighted by atomic mass is 9.67. The summed E-state index contributed by atoms with van der Waals surface area (Å²) < 4.78 is 5.41. The number of carboxylic acid groups (broad SMARTS) is 1. The number of benzene rings is 1. The van der Waals surface area contributed by atoms with Crippen molar-refractivity contribution < 1.29 is 29.0 Å². The molecule has 3 fully saturated rings. The lowest BCUT2D eigenvalue weighted by Crippen LogP contribution is -2.51. The van der Waals surface area contributed by atoms with Gasteiger partial charge < -0.3 is 30.4 Å². The van der Waals surface area contributed by atoms with E-state index in [9.17, 15) is 24.3 Å². The van der Waals surface area contributed by atoms with Gasteiger partial charge in [0.25, 0.3) is 5.91 Å². The highest BCUT2D eigenvalue weighted by molar-refractivity contribution is 6.02. The highest BCUT2D eigenvalue weighted by Gasteiger charge is 2.52. The monoisotopic (exact) mass is 510 g/mol. The second kappa shape index (κ2) is 9.08. The third-order valence-corrected chi connectivity index (χ3v) is 8.28. The predicted molar refractivity (Wildman–Crippen MR) is 135 cm³/mol. The fourth-order valence-corrected chi connectivity index (χ4v) is 6.28. The number of hydrogen-bond acceptors (Lipinski definition) is 5. The van der Waals surface area contributed by atoms with Gasteiger partial charge in [0.15, 0.2) is 0 Å². The van der Waals surface area contributed by atoms with Crippen molar-refractivity contribution in [3.63, 3.8) is 0 Å². The Hall–Kier alpha value is -3.56. The maximum absolute atomic E-state index is 13.7. The van der Waals surface area contributed by atoms with E-state index < -0.39 is 35.4 Å². The van der Waals surface area contributed by atoms with Gasteiger partial charge in [-0.1, -0.05) is 12.5 Å². The van der Waals surface area contributed by atoms with Crippen LogP contribution in [0.4, 0.5) is 0 Å². The lowest BCUT2D eigenvalue weighted by molar-refractivity contribution is -0.143. The van der Waals surface area contributed by atoms with Gasteiger partial charge in [0.2, 0.25) is 11.8 Å². The maximum atomic E-state index is 13.7. The summed E-state index contributed by atoms with van der Waals surface area (Å²) in [5.41, 5.74) is 0.580. The minimum Gasteiger partial charge on any atom is -0.496 e. The number of H-pyrrole nitrogens is 1. The van der Waals surface area contributed by atoms with E-state index in [1.165, 1.54) is 0 Å². The van der Waals surface area contributed by atoms with Crippen LogP contribution in [-0.4, -0.2) is 70.0 Å². The summed E-state index contributed by atoms with van der Waals surface area (Å²) in [5.74, 6) is -2.05. The summed E-state index contributed by atoms with van der Waals surface area (Å²) in [6.45, 7) is 4.23. The number of rotatable bonds is 7. The number of methoxy groups -OCH3 is 1. The van der Waals surface area contributed by atoms with E-state index in [-0.39, 0.29) is 23.7 Å². The summed E-state index contributed by atoms with van der Waals surface area (Å²) in [4.78, 5) is 56.3. The number of ether oxygens (including phenoxy) is 1. The van der Waals surface area contributed by atoms with Crippen LogP contribution in [0.5, 0.6) is 5.75 Å². The molecule has 2 unspecified atom stereocenters. The van der Waals surface area contributed by atoms with Crippen molar-refractivity contribution >= 4 is 34.6 Å². The molecule has 198 valence electrons. The van der Waals surface area contributed by atoms with E-state index in [0.29, 0.717) is 30.8 Å². The van der Waals surface area contributed by atoms with E-state index in [4.69, 9.17) is 4.74 Å². The Morgan fingerprint density at radius 3 is 2.59 bits per heavy atom. The molecule has 3 heterocycles. The Morgan fingerprint density at radius 1 is 1.24 bits per heavy atom. The molecule has 10 heteroatoms. The lowest BCUT2D eigenvalue weighted by Gasteiger charge is -2.37. The summed E-state index contributed by atoms with van der Waals surface area (Å²) in [7, 11) is 1.57. The fourth-order valence-electron chi connectivity index (χ4n) is 6.28. The van der Waals surface area contributed by atoms with Crippen LogP contribution in [-0.2, 0) is 14.4 Å². The number of aliphatic carboxylic acids is 1. The van der Waals surface area contributed by atoms with Gasteiger partial charge in [-0.2, -0.15) is 0 Å². The number of aromatic nitrogens is 1. The normalized spacial score (nSPS) is 24.5. The van der Waals surface area contributed by atoms with Gasteiger partial charge >= 0.3 is 5.97 Å². The molecule has 5 rings (SSSR count). The van der Waals surface area contributed by atoms with E-state index in [1.807, 2.05) is 32.0 Å². The van der Waals surface area contributed by atoms with Crippen LogP contribution in [0.2, 0.25) is 0 Å². The fraction of sp³-hybridized carbons (Fsp3) is 0.556. The number of hydrogen-bond donors (Lipinski definition) is 4. The highest BCUT2D eigenvalue weighted by Crippen LogP contribution is 2.50. The number of aromatic amines is 1. The zero-order valence-corrected chi connectivity index (χ0v) is 21.4. The van der Waals surface area contributed by atoms with Crippen LogP contribution >= 0.6 is 0 Å². The van der Waals surface area contributed by atoms with Gasteiger partial charge in [-0.05, 0) is 69.6 Å². The van der Waals surface area contributed by atoms with Crippen LogP contribution in [0.3, 0.4) is 0 Å². The average molecular weight is 511 g/mol. The molecule has 1 aromatic heterocycles. The molecule has 1 spiro atoms. The van der Waals surface area contributed by atoms with Crippen molar-refractivity contribution in [2.45, 2.75) is 70.0 Å². The predicted octanol–water partition coefficient (Wildman–Crippen LogP) is 2.44. The van der Waals surface area contributed by atoms with Crippen molar-refractivity contribution in [1.82, 2.24) is 20.5 Å². The number of carbonyl (C=O) groups excluding carboxylic acids is 3. The van der Waals surface area contributed by atoms with Gasteiger partial charge in [0, 0.05) is 28.9 Å². The standard InChI is InChI=1S/C27H34N4O6/c1-26(2)12-15(22(32)30-26)10-19(25(35)36)29-23(33)20-13-27(8-5-9-27)14-31(20)24(34)18-11-16-17(28-18)6-4-7-21(16)37-3/h4,6-7,11,15,19-20,28H,5,8-10,12-14H2,1-3H3,(H,29,33)(H,30,32)(H,35,36)/t15-,19?,20?/m1/s1. The molecule has 3 aliphatic rings. The van der Waals surface area contributed by atoms with E-state index in [1.54, 1.807) is 18.1 Å². The molecule has 37 heavy (non-hydrogen) atoms. The summed E-state index contributed by atoms with van der Waals surface area (Å²) in [6, 6.07) is 5.24.